The molecule has 0 aliphatic carbocycles. The Morgan fingerprint density at radius 3 is 2.44 bits per heavy atom. The molecule has 2 unspecified atom stereocenters. The zero-order valence-corrected chi connectivity index (χ0v) is 12.4. The van der Waals surface area contributed by atoms with Crippen molar-refractivity contribution in [1.82, 2.24) is 9.88 Å². The molecule has 2 aliphatic heterocycles. The standard InChI is InChI=1S/C14H23N3S/c1-9-10(2)18-14(15-9)16-11-7-12-5-4-6-13(8-11)17(12)3/h11-13H,4-8H2,1-3H3,(H,15,16). The Hall–Kier alpha value is -0.610. The van der Waals surface area contributed by atoms with E-state index >= 15 is 0 Å². The van der Waals surface area contributed by atoms with E-state index in [-0.39, 0.29) is 0 Å². The monoisotopic (exact) mass is 265 g/mol. The molecule has 1 aromatic heterocycles. The summed E-state index contributed by atoms with van der Waals surface area (Å²) in [6.45, 7) is 4.25. The van der Waals surface area contributed by atoms with Crippen LogP contribution in [-0.2, 0) is 0 Å². The summed E-state index contributed by atoms with van der Waals surface area (Å²) in [6, 6.07) is 2.20. The highest BCUT2D eigenvalue weighted by atomic mass is 32.1. The number of aromatic nitrogens is 1. The summed E-state index contributed by atoms with van der Waals surface area (Å²) in [4.78, 5) is 8.56. The molecule has 0 saturated carbocycles. The largest absolute Gasteiger partial charge is 0.359 e. The Balaban J connectivity index is 1.67. The van der Waals surface area contributed by atoms with Gasteiger partial charge in [0.1, 0.15) is 0 Å². The van der Waals surface area contributed by atoms with E-state index in [0.29, 0.717) is 6.04 Å². The lowest BCUT2D eigenvalue weighted by molar-refractivity contribution is 0.0608. The van der Waals surface area contributed by atoms with Gasteiger partial charge in [-0.05, 0) is 46.6 Å². The Labute approximate surface area is 114 Å². The molecule has 1 aromatic rings. The Morgan fingerprint density at radius 2 is 1.89 bits per heavy atom. The molecular formula is C14H23N3S. The van der Waals surface area contributed by atoms with E-state index < -0.39 is 0 Å². The average molecular weight is 265 g/mol. The number of nitrogens with zero attached hydrogens (tertiary/aromatic N) is 2. The molecule has 2 aliphatic rings. The topological polar surface area (TPSA) is 28.2 Å². The fraction of sp³-hybridized carbons (Fsp3) is 0.786. The lowest BCUT2D eigenvalue weighted by Crippen LogP contribution is -2.52. The van der Waals surface area contributed by atoms with Crippen molar-refractivity contribution in [1.29, 1.82) is 0 Å². The van der Waals surface area contributed by atoms with Gasteiger partial charge in [0.05, 0.1) is 5.69 Å². The first-order chi connectivity index (χ1) is 8.63. The van der Waals surface area contributed by atoms with Crippen LogP contribution in [0.3, 0.4) is 0 Å². The SMILES string of the molecule is Cc1nc(NC2CC3CCCC(C2)N3C)sc1C. The predicted molar refractivity (Wildman–Crippen MR) is 77.4 cm³/mol. The van der Waals surface area contributed by atoms with Crippen LogP contribution in [0.2, 0.25) is 0 Å². The highest BCUT2D eigenvalue weighted by Gasteiger charge is 2.36. The van der Waals surface area contributed by atoms with Gasteiger partial charge in [0.25, 0.3) is 0 Å². The number of piperidine rings is 2. The summed E-state index contributed by atoms with van der Waals surface area (Å²) < 4.78 is 0. The number of thiazole rings is 1. The van der Waals surface area contributed by atoms with Crippen LogP contribution in [0.15, 0.2) is 0 Å². The molecule has 2 fully saturated rings. The zero-order chi connectivity index (χ0) is 12.7. The second-order valence-electron chi connectivity index (χ2n) is 5.88. The van der Waals surface area contributed by atoms with Crippen molar-refractivity contribution in [3.05, 3.63) is 10.6 Å². The maximum Gasteiger partial charge on any atom is 0.183 e. The highest BCUT2D eigenvalue weighted by molar-refractivity contribution is 7.15. The number of anilines is 1. The summed E-state index contributed by atoms with van der Waals surface area (Å²) in [5.74, 6) is 0. The van der Waals surface area contributed by atoms with Crippen molar-refractivity contribution < 1.29 is 0 Å². The van der Waals surface area contributed by atoms with Crippen LogP contribution in [0.25, 0.3) is 0 Å². The van der Waals surface area contributed by atoms with Crippen molar-refractivity contribution in [3.8, 4) is 0 Å². The number of nitrogens with one attached hydrogen (secondary N) is 1. The van der Waals surface area contributed by atoms with Gasteiger partial charge < -0.3 is 10.2 Å². The number of hydrogen-bond acceptors (Lipinski definition) is 4. The van der Waals surface area contributed by atoms with Gasteiger partial charge in [0.15, 0.2) is 5.13 Å². The third-order valence-corrected chi connectivity index (χ3v) is 5.70. The van der Waals surface area contributed by atoms with Crippen LogP contribution < -0.4 is 5.32 Å². The van der Waals surface area contributed by atoms with E-state index in [1.54, 1.807) is 11.3 Å². The molecular weight excluding hydrogens is 242 g/mol. The van der Waals surface area contributed by atoms with E-state index in [1.165, 1.54) is 42.7 Å². The van der Waals surface area contributed by atoms with Crippen molar-refractivity contribution >= 4 is 16.5 Å². The van der Waals surface area contributed by atoms with Crippen molar-refractivity contribution in [2.75, 3.05) is 12.4 Å². The maximum absolute atomic E-state index is 4.61. The van der Waals surface area contributed by atoms with Crippen LogP contribution >= 0.6 is 11.3 Å². The first kappa shape index (κ1) is 12.4. The summed E-state index contributed by atoms with van der Waals surface area (Å²) in [5.41, 5.74) is 1.18. The molecule has 3 heterocycles. The van der Waals surface area contributed by atoms with Crippen LogP contribution in [0, 0.1) is 13.8 Å². The molecule has 100 valence electrons. The maximum atomic E-state index is 4.61. The van der Waals surface area contributed by atoms with Gasteiger partial charge >= 0.3 is 0 Å². The zero-order valence-electron chi connectivity index (χ0n) is 11.6. The molecule has 0 spiro atoms. The minimum absolute atomic E-state index is 0.626. The first-order valence-corrected chi connectivity index (χ1v) is 7.87. The van der Waals surface area contributed by atoms with Gasteiger partial charge in [0.2, 0.25) is 0 Å². The fourth-order valence-electron chi connectivity index (χ4n) is 3.44. The number of fused-ring (bicyclic) bond motifs is 2. The number of hydrogen-bond donors (Lipinski definition) is 1. The number of aryl methyl sites for hydroxylation is 2. The molecule has 2 saturated heterocycles. The third-order valence-electron chi connectivity index (χ3n) is 4.70. The second kappa shape index (κ2) is 4.82. The van der Waals surface area contributed by atoms with Crippen molar-refractivity contribution in [2.45, 2.75) is 64.1 Å². The van der Waals surface area contributed by atoms with E-state index in [0.717, 1.165) is 17.2 Å². The Kier molecular flexibility index (Phi) is 3.32. The quantitative estimate of drug-likeness (QED) is 0.890. The van der Waals surface area contributed by atoms with Crippen LogP contribution in [0.5, 0.6) is 0 Å². The lowest BCUT2D eigenvalue weighted by Gasteiger charge is -2.47. The van der Waals surface area contributed by atoms with Gasteiger partial charge in [-0.2, -0.15) is 0 Å². The average Bonchev–Trinajstić information content (AvgIpc) is 2.59. The van der Waals surface area contributed by atoms with Crippen molar-refractivity contribution in [3.63, 3.8) is 0 Å². The van der Waals surface area contributed by atoms with E-state index in [2.05, 4.69) is 36.1 Å². The van der Waals surface area contributed by atoms with E-state index in [4.69, 9.17) is 0 Å². The molecule has 3 nitrogen and oxygen atoms in total. The molecule has 2 atom stereocenters. The molecule has 4 heteroatoms. The minimum Gasteiger partial charge on any atom is -0.359 e. The lowest BCUT2D eigenvalue weighted by atomic mass is 9.82. The Bertz CT molecular complexity index is 395. The molecule has 2 bridgehead atoms. The molecule has 18 heavy (non-hydrogen) atoms. The van der Waals surface area contributed by atoms with E-state index in [9.17, 15) is 0 Å². The molecule has 0 aromatic carbocycles. The van der Waals surface area contributed by atoms with Gasteiger partial charge in [-0.15, -0.1) is 11.3 Å². The van der Waals surface area contributed by atoms with Crippen molar-refractivity contribution in [2.24, 2.45) is 0 Å². The third kappa shape index (κ3) is 2.28. The van der Waals surface area contributed by atoms with Crippen LogP contribution in [0.1, 0.15) is 42.7 Å². The van der Waals surface area contributed by atoms with Crippen LogP contribution in [0.4, 0.5) is 5.13 Å². The fourth-order valence-corrected chi connectivity index (χ4v) is 4.33. The number of rotatable bonds is 2. The summed E-state index contributed by atoms with van der Waals surface area (Å²) in [7, 11) is 2.31. The predicted octanol–water partition coefficient (Wildman–Crippen LogP) is 3.19. The minimum atomic E-state index is 0.626. The summed E-state index contributed by atoms with van der Waals surface area (Å²) >= 11 is 1.80. The summed E-state index contributed by atoms with van der Waals surface area (Å²) in [5, 5.41) is 4.80. The normalized spacial score (nSPS) is 32.5. The second-order valence-corrected chi connectivity index (χ2v) is 7.08. The van der Waals surface area contributed by atoms with Gasteiger partial charge in [-0.25, -0.2) is 4.98 Å². The van der Waals surface area contributed by atoms with Gasteiger partial charge in [-0.1, -0.05) is 6.42 Å². The first-order valence-electron chi connectivity index (χ1n) is 7.06. The van der Waals surface area contributed by atoms with Gasteiger partial charge in [-0.3, -0.25) is 0 Å². The molecule has 1 N–H and O–H groups in total. The molecule has 0 amide bonds. The van der Waals surface area contributed by atoms with Gasteiger partial charge in [0, 0.05) is 23.0 Å². The van der Waals surface area contributed by atoms with E-state index in [1.807, 2.05) is 0 Å². The van der Waals surface area contributed by atoms with Crippen LogP contribution in [-0.4, -0.2) is 35.1 Å². The smallest absolute Gasteiger partial charge is 0.183 e. The molecule has 3 rings (SSSR count). The summed E-state index contributed by atoms with van der Waals surface area (Å²) in [6.07, 6.45) is 6.74. The highest BCUT2D eigenvalue weighted by Crippen LogP contribution is 2.34. The Morgan fingerprint density at radius 1 is 1.22 bits per heavy atom. The molecule has 0 radical (unpaired) electrons.